The van der Waals surface area contributed by atoms with Crippen molar-refractivity contribution in [3.8, 4) is 0 Å². The van der Waals surface area contributed by atoms with Crippen LogP contribution < -0.4 is 0 Å². The lowest BCUT2D eigenvalue weighted by Gasteiger charge is -2.21. The van der Waals surface area contributed by atoms with E-state index in [0.717, 1.165) is 37.7 Å². The number of aryl methyl sites for hydroxylation is 1. The van der Waals surface area contributed by atoms with Gasteiger partial charge in [0.1, 0.15) is 0 Å². The fraction of sp³-hybridized carbons (Fsp3) is 0.636. The number of carbonyl (C=O) groups is 2. The van der Waals surface area contributed by atoms with Crippen LogP contribution in [-0.4, -0.2) is 22.2 Å². The lowest BCUT2D eigenvalue weighted by Crippen LogP contribution is -2.15. The molecule has 0 radical (unpaired) electrons. The van der Waals surface area contributed by atoms with Crippen molar-refractivity contribution in [1.29, 1.82) is 0 Å². The number of hydrogen-bond donors (Lipinski definition) is 2. The van der Waals surface area contributed by atoms with Gasteiger partial charge in [0.05, 0.1) is 11.1 Å². The minimum absolute atomic E-state index is 0.0281. The van der Waals surface area contributed by atoms with Crippen molar-refractivity contribution in [2.24, 2.45) is 10.8 Å². The van der Waals surface area contributed by atoms with Crippen LogP contribution >= 0.6 is 0 Å². The van der Waals surface area contributed by atoms with Gasteiger partial charge in [0, 0.05) is 0 Å². The molecule has 0 atom stereocenters. The third kappa shape index (κ3) is 7.19. The Morgan fingerprint density at radius 3 is 1.73 bits per heavy atom. The average Bonchev–Trinajstić information content (AvgIpc) is 2.44. The van der Waals surface area contributed by atoms with Crippen LogP contribution in [0.25, 0.3) is 0 Å². The lowest BCUT2D eigenvalue weighted by atomic mass is 9.84. The van der Waals surface area contributed by atoms with Gasteiger partial charge in [-0.1, -0.05) is 47.6 Å². The number of carboxylic acids is 2. The van der Waals surface area contributed by atoms with Crippen LogP contribution in [0.1, 0.15) is 99.1 Å². The molecular weight excluding hydrogens is 328 g/mol. The molecule has 0 heterocycles. The molecule has 0 aliphatic heterocycles. The minimum atomic E-state index is -1.18. The third-order valence-electron chi connectivity index (χ3n) is 4.58. The van der Waals surface area contributed by atoms with E-state index in [1.54, 1.807) is 0 Å². The van der Waals surface area contributed by atoms with E-state index in [1.165, 1.54) is 6.07 Å². The number of hydrogen-bond acceptors (Lipinski definition) is 2. The van der Waals surface area contributed by atoms with Gasteiger partial charge in [-0.2, -0.15) is 0 Å². The summed E-state index contributed by atoms with van der Waals surface area (Å²) in [6.45, 7) is 13.0. The second kappa shape index (κ2) is 8.70. The fourth-order valence-corrected chi connectivity index (χ4v) is 3.24. The van der Waals surface area contributed by atoms with E-state index in [1.807, 2.05) is 6.07 Å². The maximum atomic E-state index is 11.8. The summed E-state index contributed by atoms with van der Waals surface area (Å²) in [6, 6.07) is 3.26. The molecule has 0 aliphatic carbocycles. The summed E-state index contributed by atoms with van der Waals surface area (Å²) in [4.78, 5) is 23.3. The van der Waals surface area contributed by atoms with Gasteiger partial charge in [-0.15, -0.1) is 0 Å². The molecule has 4 nitrogen and oxygen atoms in total. The molecule has 26 heavy (non-hydrogen) atoms. The van der Waals surface area contributed by atoms with Gasteiger partial charge in [0.15, 0.2) is 0 Å². The first-order chi connectivity index (χ1) is 11.8. The van der Waals surface area contributed by atoms with Crippen molar-refractivity contribution in [1.82, 2.24) is 0 Å². The second-order valence-electron chi connectivity index (χ2n) is 9.56. The van der Waals surface area contributed by atoms with E-state index in [0.29, 0.717) is 12.0 Å². The quantitative estimate of drug-likeness (QED) is 0.611. The normalized spacial score (nSPS) is 12.2. The summed E-state index contributed by atoms with van der Waals surface area (Å²) < 4.78 is 0. The van der Waals surface area contributed by atoms with E-state index in [4.69, 9.17) is 0 Å². The van der Waals surface area contributed by atoms with Gasteiger partial charge in [0.2, 0.25) is 0 Å². The lowest BCUT2D eigenvalue weighted by molar-refractivity contribution is 0.0650. The molecule has 1 rings (SSSR count). The van der Waals surface area contributed by atoms with Crippen LogP contribution in [-0.2, 0) is 12.8 Å². The Kier molecular flexibility index (Phi) is 7.43. The molecule has 0 spiro atoms. The van der Waals surface area contributed by atoms with Crippen molar-refractivity contribution in [2.45, 2.75) is 80.1 Å². The van der Waals surface area contributed by atoms with Crippen LogP contribution in [0.2, 0.25) is 0 Å². The smallest absolute Gasteiger partial charge is 0.336 e. The Balaban J connectivity index is 3.19. The van der Waals surface area contributed by atoms with Crippen LogP contribution in [0.5, 0.6) is 0 Å². The monoisotopic (exact) mass is 362 g/mol. The van der Waals surface area contributed by atoms with Gasteiger partial charge in [0.25, 0.3) is 0 Å². The summed E-state index contributed by atoms with van der Waals surface area (Å²) in [7, 11) is 0. The molecule has 0 aliphatic rings. The molecule has 0 unspecified atom stereocenters. The van der Waals surface area contributed by atoms with E-state index in [-0.39, 0.29) is 22.0 Å². The summed E-state index contributed by atoms with van der Waals surface area (Å²) in [6.07, 6.45) is 5.19. The van der Waals surface area contributed by atoms with E-state index < -0.39 is 11.9 Å². The SMILES string of the molecule is CC(C)(C)CCCc1ccc(C(=O)O)c(C(=O)O)c1CCCC(C)(C)C. The summed E-state index contributed by atoms with van der Waals surface area (Å²) >= 11 is 0. The molecule has 2 N–H and O–H groups in total. The maximum absolute atomic E-state index is 11.8. The predicted octanol–water partition coefficient (Wildman–Crippen LogP) is 5.82. The Morgan fingerprint density at radius 2 is 1.31 bits per heavy atom. The molecule has 146 valence electrons. The molecule has 0 bridgehead atoms. The Hall–Kier alpha value is -1.84. The highest BCUT2D eigenvalue weighted by Gasteiger charge is 2.23. The van der Waals surface area contributed by atoms with Crippen LogP contribution in [0, 0.1) is 10.8 Å². The molecule has 1 aromatic rings. The highest BCUT2D eigenvalue weighted by molar-refractivity contribution is 6.03. The molecule has 1 aromatic carbocycles. The molecule has 0 amide bonds. The third-order valence-corrected chi connectivity index (χ3v) is 4.58. The summed E-state index contributed by atoms with van der Waals surface area (Å²) in [5.74, 6) is -2.33. The van der Waals surface area contributed by atoms with Gasteiger partial charge >= 0.3 is 11.9 Å². The van der Waals surface area contributed by atoms with Gasteiger partial charge in [-0.25, -0.2) is 9.59 Å². The first-order valence-corrected chi connectivity index (χ1v) is 9.43. The number of carboxylic acid groups (broad SMARTS) is 2. The largest absolute Gasteiger partial charge is 0.478 e. The zero-order chi connectivity index (χ0) is 20.1. The minimum Gasteiger partial charge on any atom is -0.478 e. The van der Waals surface area contributed by atoms with Crippen LogP contribution in [0.4, 0.5) is 0 Å². The number of rotatable bonds is 8. The number of aromatic carboxylic acids is 2. The van der Waals surface area contributed by atoms with Gasteiger partial charge in [-0.05, 0) is 66.5 Å². The molecule has 0 saturated heterocycles. The molecular formula is C22H34O4. The summed E-state index contributed by atoms with van der Waals surface area (Å²) in [5.41, 5.74) is 1.94. The molecule has 0 saturated carbocycles. The Labute approximate surface area is 157 Å². The van der Waals surface area contributed by atoms with Crippen molar-refractivity contribution >= 4 is 11.9 Å². The van der Waals surface area contributed by atoms with Crippen molar-refractivity contribution in [3.63, 3.8) is 0 Å². The fourth-order valence-electron chi connectivity index (χ4n) is 3.24. The Bertz CT molecular complexity index is 645. The highest BCUT2D eigenvalue weighted by atomic mass is 16.4. The Morgan fingerprint density at radius 1 is 0.808 bits per heavy atom. The maximum Gasteiger partial charge on any atom is 0.336 e. The zero-order valence-corrected chi connectivity index (χ0v) is 17.1. The predicted molar refractivity (Wildman–Crippen MR) is 105 cm³/mol. The first-order valence-electron chi connectivity index (χ1n) is 9.43. The standard InChI is InChI=1S/C22H34O4/c1-21(2,3)13-7-9-15-11-12-17(19(23)24)18(20(25)26)16(15)10-8-14-22(4,5)6/h11-12H,7-10,13-14H2,1-6H3,(H,23,24)(H,25,26). The molecule has 4 heteroatoms. The average molecular weight is 363 g/mol. The van der Waals surface area contributed by atoms with Crippen molar-refractivity contribution in [2.75, 3.05) is 0 Å². The molecule has 0 aromatic heterocycles. The first kappa shape index (κ1) is 22.2. The van der Waals surface area contributed by atoms with Crippen LogP contribution in [0.15, 0.2) is 12.1 Å². The highest BCUT2D eigenvalue weighted by Crippen LogP contribution is 2.28. The summed E-state index contributed by atoms with van der Waals surface area (Å²) in [5, 5.41) is 19.1. The number of benzene rings is 1. The topological polar surface area (TPSA) is 74.6 Å². The van der Waals surface area contributed by atoms with Crippen LogP contribution in [0.3, 0.4) is 0 Å². The van der Waals surface area contributed by atoms with Gasteiger partial charge < -0.3 is 10.2 Å². The van der Waals surface area contributed by atoms with E-state index >= 15 is 0 Å². The van der Waals surface area contributed by atoms with E-state index in [9.17, 15) is 19.8 Å². The van der Waals surface area contributed by atoms with Crippen molar-refractivity contribution in [3.05, 3.63) is 34.4 Å². The van der Waals surface area contributed by atoms with Crippen molar-refractivity contribution < 1.29 is 19.8 Å². The molecule has 0 fully saturated rings. The van der Waals surface area contributed by atoms with Gasteiger partial charge in [-0.3, -0.25) is 0 Å². The zero-order valence-electron chi connectivity index (χ0n) is 17.1. The second-order valence-corrected chi connectivity index (χ2v) is 9.56. The van der Waals surface area contributed by atoms with E-state index in [2.05, 4.69) is 41.5 Å².